The van der Waals surface area contributed by atoms with E-state index in [0.717, 1.165) is 43.3 Å². The number of guanidine groups is 1. The van der Waals surface area contributed by atoms with E-state index in [1.807, 2.05) is 31.3 Å². The molecule has 0 bridgehead atoms. The zero-order chi connectivity index (χ0) is 18.3. The standard InChI is InChI=1S/C17H28N4O3S/c1-18-17(21(3)11-16-8-9-24-12-16)20-10-14-4-6-15(7-5-14)13-25(22,23)19-2/h4-7,16,19H,8-13H2,1-3H3,(H,18,20). The smallest absolute Gasteiger partial charge is 0.215 e. The molecule has 2 rings (SSSR count). The topological polar surface area (TPSA) is 83.0 Å². The third-order valence-corrected chi connectivity index (χ3v) is 5.61. The van der Waals surface area contributed by atoms with Gasteiger partial charge >= 0.3 is 0 Å². The fraction of sp³-hybridized carbons (Fsp3) is 0.588. The van der Waals surface area contributed by atoms with Gasteiger partial charge in [0.2, 0.25) is 10.0 Å². The van der Waals surface area contributed by atoms with E-state index in [1.54, 1.807) is 7.05 Å². The molecule has 0 spiro atoms. The summed E-state index contributed by atoms with van der Waals surface area (Å²) < 4.78 is 30.9. The van der Waals surface area contributed by atoms with Crippen LogP contribution in [0.1, 0.15) is 17.5 Å². The van der Waals surface area contributed by atoms with Gasteiger partial charge in [-0.05, 0) is 24.6 Å². The summed E-state index contributed by atoms with van der Waals surface area (Å²) in [5, 5.41) is 3.34. The van der Waals surface area contributed by atoms with Crippen molar-refractivity contribution in [2.75, 3.05) is 40.9 Å². The Morgan fingerprint density at radius 3 is 2.56 bits per heavy atom. The van der Waals surface area contributed by atoms with Gasteiger partial charge in [0.25, 0.3) is 0 Å². The van der Waals surface area contributed by atoms with E-state index in [2.05, 4.69) is 19.9 Å². The summed E-state index contributed by atoms with van der Waals surface area (Å²) in [6.07, 6.45) is 1.10. The highest BCUT2D eigenvalue weighted by atomic mass is 32.2. The molecule has 7 nitrogen and oxygen atoms in total. The summed E-state index contributed by atoms with van der Waals surface area (Å²) in [7, 11) is 1.99. The number of ether oxygens (including phenoxy) is 1. The molecule has 0 amide bonds. The van der Waals surface area contributed by atoms with Crippen LogP contribution in [0.25, 0.3) is 0 Å². The Morgan fingerprint density at radius 2 is 2.00 bits per heavy atom. The largest absolute Gasteiger partial charge is 0.381 e. The lowest BCUT2D eigenvalue weighted by Gasteiger charge is -2.24. The molecule has 1 aromatic carbocycles. The first-order chi connectivity index (χ1) is 11.9. The Bertz CT molecular complexity index is 668. The van der Waals surface area contributed by atoms with Crippen molar-refractivity contribution in [1.82, 2.24) is 14.9 Å². The Labute approximate surface area is 150 Å². The normalized spacial score (nSPS) is 18.4. The highest BCUT2D eigenvalue weighted by Gasteiger charge is 2.19. The zero-order valence-electron chi connectivity index (χ0n) is 15.2. The average Bonchev–Trinajstić information content (AvgIpc) is 3.09. The molecule has 1 atom stereocenters. The zero-order valence-corrected chi connectivity index (χ0v) is 16.0. The maximum Gasteiger partial charge on any atom is 0.215 e. The first kappa shape index (κ1) is 19.7. The summed E-state index contributed by atoms with van der Waals surface area (Å²) in [5.41, 5.74) is 1.84. The van der Waals surface area contributed by atoms with Gasteiger partial charge < -0.3 is 15.0 Å². The molecule has 8 heteroatoms. The second-order valence-corrected chi connectivity index (χ2v) is 8.22. The van der Waals surface area contributed by atoms with Crippen LogP contribution in [0.4, 0.5) is 0 Å². The number of nitrogens with zero attached hydrogens (tertiary/aromatic N) is 2. The van der Waals surface area contributed by atoms with E-state index in [-0.39, 0.29) is 5.75 Å². The molecule has 1 fully saturated rings. The van der Waals surface area contributed by atoms with Gasteiger partial charge in [0.15, 0.2) is 5.96 Å². The Morgan fingerprint density at radius 1 is 1.32 bits per heavy atom. The lowest BCUT2D eigenvalue weighted by Crippen LogP contribution is -2.41. The lowest BCUT2D eigenvalue weighted by atomic mass is 10.1. The van der Waals surface area contributed by atoms with Crippen molar-refractivity contribution in [3.63, 3.8) is 0 Å². The minimum atomic E-state index is -3.24. The molecular weight excluding hydrogens is 340 g/mol. The van der Waals surface area contributed by atoms with Gasteiger partial charge in [0, 0.05) is 39.7 Å². The number of aliphatic imine (C=N–C) groups is 1. The Kier molecular flexibility index (Phi) is 7.22. The highest BCUT2D eigenvalue weighted by Crippen LogP contribution is 2.13. The molecule has 1 aliphatic rings. The monoisotopic (exact) mass is 368 g/mol. The number of sulfonamides is 1. The van der Waals surface area contributed by atoms with Gasteiger partial charge in [-0.15, -0.1) is 0 Å². The highest BCUT2D eigenvalue weighted by molar-refractivity contribution is 7.88. The molecule has 0 saturated carbocycles. The summed E-state index contributed by atoms with van der Waals surface area (Å²) in [6.45, 7) is 3.22. The van der Waals surface area contributed by atoms with Crippen molar-refractivity contribution in [2.24, 2.45) is 10.9 Å². The van der Waals surface area contributed by atoms with Crippen molar-refractivity contribution in [3.05, 3.63) is 35.4 Å². The molecule has 1 unspecified atom stereocenters. The second kappa shape index (κ2) is 9.17. The molecule has 0 aromatic heterocycles. The van der Waals surface area contributed by atoms with Crippen LogP contribution in [0, 0.1) is 5.92 Å². The van der Waals surface area contributed by atoms with E-state index in [1.165, 1.54) is 7.05 Å². The van der Waals surface area contributed by atoms with E-state index in [4.69, 9.17) is 4.74 Å². The van der Waals surface area contributed by atoms with Gasteiger partial charge in [-0.2, -0.15) is 0 Å². The molecule has 140 valence electrons. The fourth-order valence-corrected chi connectivity index (χ4v) is 3.59. The van der Waals surface area contributed by atoms with Gasteiger partial charge in [-0.1, -0.05) is 24.3 Å². The molecule has 25 heavy (non-hydrogen) atoms. The van der Waals surface area contributed by atoms with Crippen molar-refractivity contribution >= 4 is 16.0 Å². The number of hydrogen-bond acceptors (Lipinski definition) is 4. The molecule has 0 radical (unpaired) electrons. The number of rotatable bonds is 7. The summed E-state index contributed by atoms with van der Waals surface area (Å²) >= 11 is 0. The number of benzene rings is 1. The van der Waals surface area contributed by atoms with Gasteiger partial charge in [-0.3, -0.25) is 4.99 Å². The fourth-order valence-electron chi connectivity index (χ4n) is 2.81. The van der Waals surface area contributed by atoms with Gasteiger partial charge in [0.05, 0.1) is 12.4 Å². The van der Waals surface area contributed by atoms with Crippen molar-refractivity contribution in [3.8, 4) is 0 Å². The van der Waals surface area contributed by atoms with E-state index < -0.39 is 10.0 Å². The first-order valence-corrected chi connectivity index (χ1v) is 10.1. The summed E-state index contributed by atoms with van der Waals surface area (Å²) in [4.78, 5) is 6.44. The maximum atomic E-state index is 11.6. The van der Waals surface area contributed by atoms with E-state index in [0.29, 0.717) is 12.5 Å². The van der Waals surface area contributed by atoms with Crippen LogP contribution in [0.3, 0.4) is 0 Å². The molecule has 1 aromatic rings. The summed E-state index contributed by atoms with van der Waals surface area (Å²) in [5.74, 6) is 1.39. The van der Waals surface area contributed by atoms with Crippen LogP contribution in [-0.2, 0) is 27.1 Å². The predicted octanol–water partition coefficient (Wildman–Crippen LogP) is 0.780. The third kappa shape index (κ3) is 6.30. The minimum Gasteiger partial charge on any atom is -0.381 e. The average molecular weight is 369 g/mol. The molecular formula is C17H28N4O3S. The molecule has 0 aliphatic carbocycles. The SMILES string of the molecule is CN=C(NCc1ccc(CS(=O)(=O)NC)cc1)N(C)CC1CCOC1. The lowest BCUT2D eigenvalue weighted by molar-refractivity contribution is 0.181. The van der Waals surface area contributed by atoms with Crippen LogP contribution in [0.15, 0.2) is 29.3 Å². The van der Waals surface area contributed by atoms with E-state index >= 15 is 0 Å². The quantitative estimate of drug-likeness (QED) is 0.549. The van der Waals surface area contributed by atoms with Gasteiger partial charge in [0.1, 0.15) is 0 Å². The van der Waals surface area contributed by atoms with Crippen LogP contribution >= 0.6 is 0 Å². The molecule has 1 heterocycles. The maximum absolute atomic E-state index is 11.6. The van der Waals surface area contributed by atoms with Crippen LogP contribution in [0.5, 0.6) is 0 Å². The van der Waals surface area contributed by atoms with Crippen LogP contribution in [-0.4, -0.2) is 60.2 Å². The number of hydrogen-bond donors (Lipinski definition) is 2. The molecule has 2 N–H and O–H groups in total. The second-order valence-electron chi connectivity index (χ2n) is 6.29. The van der Waals surface area contributed by atoms with Crippen LogP contribution < -0.4 is 10.0 Å². The third-order valence-electron chi connectivity index (χ3n) is 4.27. The van der Waals surface area contributed by atoms with Crippen molar-refractivity contribution in [1.29, 1.82) is 0 Å². The van der Waals surface area contributed by atoms with Gasteiger partial charge in [-0.25, -0.2) is 13.1 Å². The van der Waals surface area contributed by atoms with Crippen molar-refractivity contribution in [2.45, 2.75) is 18.7 Å². The Balaban J connectivity index is 1.86. The summed E-state index contributed by atoms with van der Waals surface area (Å²) in [6, 6.07) is 7.56. The van der Waals surface area contributed by atoms with E-state index in [9.17, 15) is 8.42 Å². The predicted molar refractivity (Wildman–Crippen MR) is 99.9 cm³/mol. The first-order valence-electron chi connectivity index (χ1n) is 8.42. The molecule has 1 saturated heterocycles. The van der Waals surface area contributed by atoms with Crippen molar-refractivity contribution < 1.29 is 13.2 Å². The van der Waals surface area contributed by atoms with Crippen LogP contribution in [0.2, 0.25) is 0 Å². The Hall–Kier alpha value is -1.64. The minimum absolute atomic E-state index is 0.00886. The molecule has 1 aliphatic heterocycles. The number of nitrogens with one attached hydrogen (secondary N) is 2.